The molecule has 27 nitrogen and oxygen atoms in total. The van der Waals surface area contributed by atoms with E-state index in [1.54, 1.807) is 19.6 Å². The van der Waals surface area contributed by atoms with Gasteiger partial charge < -0.3 is 63.4 Å². The van der Waals surface area contributed by atoms with Gasteiger partial charge in [-0.25, -0.2) is 38.4 Å². The number of nitrogens with one attached hydrogen (secondary N) is 2. The van der Waals surface area contributed by atoms with E-state index in [1.807, 2.05) is 196 Å². The number of amides is 6. The van der Waals surface area contributed by atoms with Crippen LogP contribution in [0.2, 0.25) is 0 Å². The van der Waals surface area contributed by atoms with Crippen molar-refractivity contribution in [3.8, 4) is 0 Å². The first-order valence-electron chi connectivity index (χ1n) is 39.1. The molecule has 6 amide bonds. The van der Waals surface area contributed by atoms with Crippen LogP contribution >= 0.6 is 44.3 Å². The Morgan fingerprint density at radius 1 is 0.398 bits per heavy atom. The first kappa shape index (κ1) is 91.7. The third kappa shape index (κ3) is 26.7. The Labute approximate surface area is 714 Å². The second kappa shape index (κ2) is 42.5. The summed E-state index contributed by atoms with van der Waals surface area (Å²) in [6, 6.07) is 51.3. The molecule has 0 spiro atoms. The zero-order valence-corrected chi connectivity index (χ0v) is 72.9. The van der Waals surface area contributed by atoms with Gasteiger partial charge in [0.05, 0.1) is 26.9 Å². The molecule has 30 heteroatoms. The van der Waals surface area contributed by atoms with Crippen LogP contribution < -0.4 is 20.4 Å². The minimum absolute atomic E-state index is 0. The van der Waals surface area contributed by atoms with Gasteiger partial charge in [-0.1, -0.05) is 147 Å². The molecule has 3 atom stereocenters. The van der Waals surface area contributed by atoms with Gasteiger partial charge in [0.1, 0.15) is 42.7 Å². The summed E-state index contributed by atoms with van der Waals surface area (Å²) in [5.41, 5.74) is 12.7. The molecule has 118 heavy (non-hydrogen) atoms. The Morgan fingerprint density at radius 2 is 0.754 bits per heavy atom. The zero-order chi connectivity index (χ0) is 84.1. The largest absolute Gasteiger partial charge is 0.467 e. The van der Waals surface area contributed by atoms with E-state index in [-0.39, 0.29) is 69.7 Å². The molecule has 7 aliphatic heterocycles. The van der Waals surface area contributed by atoms with Crippen molar-refractivity contribution < 1.29 is 81.4 Å². The molecule has 14 rings (SSSR count). The van der Waals surface area contributed by atoms with Crippen LogP contribution in [0, 0.1) is 0 Å². The molecule has 634 valence electrons. The molecule has 3 saturated heterocycles. The Bertz CT molecular complexity index is 4570. The van der Waals surface area contributed by atoms with Crippen molar-refractivity contribution in [1.29, 1.82) is 0 Å². The highest BCUT2D eigenvalue weighted by Crippen LogP contribution is 2.34. The molecular formula is C88H109Br2ClN10O17. The molecular weight excluding hydrogens is 1660 g/mol. The Morgan fingerprint density at radius 3 is 1.18 bits per heavy atom. The van der Waals surface area contributed by atoms with E-state index in [9.17, 15) is 43.5 Å². The van der Waals surface area contributed by atoms with E-state index < -0.39 is 59.1 Å². The summed E-state index contributed by atoms with van der Waals surface area (Å²) in [6.07, 6.45) is -2.35. The Kier molecular flexibility index (Phi) is 33.0. The van der Waals surface area contributed by atoms with E-state index in [0.717, 1.165) is 67.9 Å². The van der Waals surface area contributed by atoms with Crippen LogP contribution in [0.1, 0.15) is 124 Å². The van der Waals surface area contributed by atoms with Crippen LogP contribution in [0.5, 0.6) is 0 Å². The number of rotatable bonds is 11. The number of fused-ring (bicyclic) bond motifs is 4. The molecule has 0 radical (unpaired) electrons. The molecule has 3 N–H and O–H groups in total. The summed E-state index contributed by atoms with van der Waals surface area (Å²) < 4.78 is 44.5. The lowest BCUT2D eigenvalue weighted by atomic mass is 10.1. The highest BCUT2D eigenvalue weighted by molar-refractivity contribution is 9.10. The van der Waals surface area contributed by atoms with Gasteiger partial charge >= 0.3 is 48.5 Å². The van der Waals surface area contributed by atoms with E-state index in [0.29, 0.717) is 91.6 Å². The van der Waals surface area contributed by atoms with Gasteiger partial charge in [-0.15, -0.1) is 12.4 Å². The van der Waals surface area contributed by atoms with Crippen molar-refractivity contribution in [3.05, 3.63) is 234 Å². The van der Waals surface area contributed by atoms with Crippen LogP contribution in [-0.2, 0) is 120 Å². The monoisotopic (exact) mass is 1770 g/mol. The summed E-state index contributed by atoms with van der Waals surface area (Å²) in [4.78, 5) is 112. The number of halogens is 3. The fourth-order valence-corrected chi connectivity index (χ4v) is 14.7. The average Bonchev–Trinajstić information content (AvgIpc) is 1.54. The van der Waals surface area contributed by atoms with Crippen molar-refractivity contribution in [2.45, 2.75) is 169 Å². The van der Waals surface area contributed by atoms with Gasteiger partial charge in [0, 0.05) is 132 Å². The van der Waals surface area contributed by atoms with Crippen molar-refractivity contribution in [2.24, 2.45) is 0 Å². The standard InChI is InChI=1S/C27H33N3O6.C26H33N3O5.C14H18N2O4.C13H16BrNO2.C8H8BrN.ClH/c1-27(2,3)36-25(32)29-15-20-10-11-22(14-21(20)16-29)28-12-13-30(23(17-28)24(31)34-4)26(33)35-18-19-8-6-5-7-9-19;1-26(2,3)34-24(31)28-14-20-9-10-22(13-21(20)15-28)27-11-12-29(23(16-27)17-30)25(32)33-18-19-7-5-4-6-8-19;1-19-13(17)12-9-15-7-8-16(12)14(18)20-10-11-5-3-2-4-6-11;1-13(2,3)17-12(16)15-7-9-4-5-11(14)6-10(9)8-15;9-8-2-1-6-4-10-5-7(6)3-8;/h5-11,14,23H,12-13,15-18H2,1-4H3;4-10,13,23,30H,11-12,14-18H2,1-3H3;2-6,12,15H,7-10H2,1H3;4-6H,7-8H2,1-3H3;1-3,10H,4-5H2;1H. The van der Waals surface area contributed by atoms with Crippen LogP contribution in [0.15, 0.2) is 173 Å². The Balaban J connectivity index is 0.000000178. The maximum absolute atomic E-state index is 12.8. The number of esters is 2. The van der Waals surface area contributed by atoms with Crippen molar-refractivity contribution in [3.63, 3.8) is 0 Å². The number of benzene rings is 7. The third-order valence-corrected chi connectivity index (χ3v) is 20.8. The Hall–Kier alpha value is -10.2. The van der Waals surface area contributed by atoms with E-state index in [1.165, 1.54) is 50.7 Å². The molecule has 3 unspecified atom stereocenters. The van der Waals surface area contributed by atoms with E-state index >= 15 is 0 Å². The summed E-state index contributed by atoms with van der Waals surface area (Å²) >= 11 is 6.87. The van der Waals surface area contributed by atoms with Crippen LogP contribution in [0.25, 0.3) is 0 Å². The quantitative estimate of drug-likeness (QED) is 0.0801. The number of aliphatic hydroxyl groups is 1. The number of nitrogens with zero attached hydrogens (tertiary/aromatic N) is 8. The SMILES string of the molecule is Brc1ccc2c(c1)CNC2.CC(C)(C)OC(=O)N1Cc2ccc(Br)cc2C1.CC(C)(C)OC(=O)N1Cc2ccc(N3CCN(C(=O)OCc4ccccc4)C(CO)C3)cc2C1.COC(=O)C1CN(c2ccc3c(c2)CN(C(=O)OC(C)(C)C)C3)CCN1C(=O)OCc1ccccc1.COC(=O)C1CNCCN1C(=O)OCc1ccccc1.Cl. The lowest BCUT2D eigenvalue weighted by Gasteiger charge is -2.41. The molecule has 0 aliphatic carbocycles. The fourth-order valence-electron chi connectivity index (χ4n) is 13.9. The molecule has 0 bridgehead atoms. The molecule has 0 aromatic heterocycles. The lowest BCUT2D eigenvalue weighted by Crippen LogP contribution is -2.58. The van der Waals surface area contributed by atoms with Gasteiger partial charge in [0.25, 0.3) is 0 Å². The van der Waals surface area contributed by atoms with E-state index in [2.05, 4.69) is 82.6 Å². The van der Waals surface area contributed by atoms with Crippen LogP contribution in [-0.4, -0.2) is 198 Å². The maximum Gasteiger partial charge on any atom is 0.410 e. The molecule has 7 aromatic carbocycles. The number of carbonyl (C=O) groups excluding carboxylic acids is 8. The smallest absolute Gasteiger partial charge is 0.410 e. The fraction of sp³-hybridized carbons (Fsp3) is 0.432. The minimum atomic E-state index is -0.793. The third-order valence-electron chi connectivity index (χ3n) is 19.8. The second-order valence-electron chi connectivity index (χ2n) is 32.1. The highest BCUT2D eigenvalue weighted by Gasteiger charge is 2.40. The number of aliphatic hydroxyl groups excluding tert-OH is 1. The zero-order valence-electron chi connectivity index (χ0n) is 68.9. The predicted molar refractivity (Wildman–Crippen MR) is 455 cm³/mol. The summed E-state index contributed by atoms with van der Waals surface area (Å²) in [5, 5.41) is 16.3. The molecule has 3 fully saturated rings. The van der Waals surface area contributed by atoms with Gasteiger partial charge in [-0.2, -0.15) is 0 Å². The number of hydrogen-bond donors (Lipinski definition) is 3. The number of piperazine rings is 3. The predicted octanol–water partition coefficient (Wildman–Crippen LogP) is 14.6. The van der Waals surface area contributed by atoms with E-state index in [4.69, 9.17) is 37.9 Å². The topological polar surface area (TPSA) is 281 Å². The number of hydrogen-bond acceptors (Lipinski definition) is 21. The number of carbonyl (C=O) groups is 8. The van der Waals surface area contributed by atoms with Crippen LogP contribution in [0.3, 0.4) is 0 Å². The van der Waals surface area contributed by atoms with Gasteiger partial charge in [0.2, 0.25) is 0 Å². The normalized spacial score (nSPS) is 17.1. The summed E-state index contributed by atoms with van der Waals surface area (Å²) in [6.45, 7) is 26.6. The lowest BCUT2D eigenvalue weighted by molar-refractivity contribution is -0.147. The van der Waals surface area contributed by atoms with Crippen molar-refractivity contribution in [2.75, 3.05) is 89.5 Å². The van der Waals surface area contributed by atoms with Crippen molar-refractivity contribution in [1.82, 2.24) is 40.0 Å². The molecule has 7 aliphatic rings. The number of ether oxygens (including phenoxy) is 8. The van der Waals surface area contributed by atoms with Crippen LogP contribution in [0.4, 0.5) is 40.1 Å². The summed E-state index contributed by atoms with van der Waals surface area (Å²) in [7, 11) is 2.62. The van der Waals surface area contributed by atoms with Gasteiger partial charge in [-0.05, 0) is 172 Å². The molecule has 0 saturated carbocycles. The first-order chi connectivity index (χ1) is 55.8. The van der Waals surface area contributed by atoms with Gasteiger partial charge in [-0.3, -0.25) is 29.4 Å². The van der Waals surface area contributed by atoms with Crippen molar-refractivity contribution >= 4 is 104 Å². The first-order valence-corrected chi connectivity index (χ1v) is 40.7. The van der Waals surface area contributed by atoms with Gasteiger partial charge in [0.15, 0.2) is 6.04 Å². The minimum Gasteiger partial charge on any atom is -0.467 e. The number of methoxy groups -OCH3 is 2. The maximum atomic E-state index is 12.8. The summed E-state index contributed by atoms with van der Waals surface area (Å²) in [5.74, 6) is -0.928. The second-order valence-corrected chi connectivity index (χ2v) is 33.9. The average molecular weight is 1770 g/mol. The number of anilines is 2. The highest BCUT2D eigenvalue weighted by atomic mass is 79.9. The molecule has 7 heterocycles. The molecule has 7 aromatic rings.